The summed E-state index contributed by atoms with van der Waals surface area (Å²) in [4.78, 5) is 15.7. The zero-order valence-electron chi connectivity index (χ0n) is 11.1. The fraction of sp³-hybridized carbons (Fsp3) is 0.917. The van der Waals surface area contributed by atoms with Crippen LogP contribution in [0.2, 0.25) is 0 Å². The summed E-state index contributed by atoms with van der Waals surface area (Å²) in [5, 5.41) is -0.354. The molecule has 104 valence electrons. The van der Waals surface area contributed by atoms with Gasteiger partial charge in [-0.25, -0.2) is 8.42 Å². The molecule has 1 aliphatic heterocycles. The molecule has 2 aliphatic rings. The van der Waals surface area contributed by atoms with Gasteiger partial charge in [-0.05, 0) is 25.7 Å². The van der Waals surface area contributed by atoms with Gasteiger partial charge >= 0.3 is 0 Å². The lowest BCUT2D eigenvalue weighted by Gasteiger charge is -2.31. The van der Waals surface area contributed by atoms with Crippen molar-refractivity contribution in [3.05, 3.63) is 0 Å². The summed E-state index contributed by atoms with van der Waals surface area (Å²) in [6, 6.07) is 0. The Morgan fingerprint density at radius 1 is 1.39 bits per heavy atom. The Hall–Kier alpha value is -0.620. The van der Waals surface area contributed by atoms with Crippen molar-refractivity contribution in [2.45, 2.75) is 25.0 Å². The van der Waals surface area contributed by atoms with E-state index in [9.17, 15) is 13.2 Å². The van der Waals surface area contributed by atoms with Crippen LogP contribution >= 0.6 is 0 Å². The Balaban J connectivity index is 1.80. The fourth-order valence-corrected chi connectivity index (χ4v) is 3.62. The highest BCUT2D eigenvalue weighted by atomic mass is 32.2. The Morgan fingerprint density at radius 3 is 2.61 bits per heavy atom. The lowest BCUT2D eigenvalue weighted by Crippen LogP contribution is -2.49. The molecule has 1 atom stereocenters. The minimum absolute atomic E-state index is 0.105. The van der Waals surface area contributed by atoms with E-state index in [0.717, 1.165) is 6.54 Å². The number of sulfone groups is 1. The first-order valence-electron chi connectivity index (χ1n) is 6.56. The Morgan fingerprint density at radius 2 is 2.06 bits per heavy atom. The van der Waals surface area contributed by atoms with Gasteiger partial charge in [0.1, 0.15) is 0 Å². The third-order valence-electron chi connectivity index (χ3n) is 3.83. The van der Waals surface area contributed by atoms with Crippen LogP contribution in [-0.2, 0) is 14.6 Å². The average Bonchev–Trinajstić information content (AvgIpc) is 3.07. The number of carbonyl (C=O) groups is 1. The number of amides is 1. The number of carbonyl (C=O) groups excluding carboxylic acids is 1. The minimum Gasteiger partial charge on any atom is -0.344 e. The Kier molecular flexibility index (Phi) is 3.96. The lowest BCUT2D eigenvalue weighted by atomic mass is 10.3. The van der Waals surface area contributed by atoms with Gasteiger partial charge in [-0.15, -0.1) is 0 Å². The van der Waals surface area contributed by atoms with Crippen LogP contribution < -0.4 is 0 Å². The van der Waals surface area contributed by atoms with Gasteiger partial charge in [0.25, 0.3) is 0 Å². The van der Waals surface area contributed by atoms with Gasteiger partial charge in [0.15, 0.2) is 9.84 Å². The molecule has 1 heterocycles. The van der Waals surface area contributed by atoms with Gasteiger partial charge < -0.3 is 4.90 Å². The van der Waals surface area contributed by atoms with Gasteiger partial charge in [-0.3, -0.25) is 9.69 Å². The zero-order valence-corrected chi connectivity index (χ0v) is 11.9. The number of nitrogens with zero attached hydrogens (tertiary/aromatic N) is 2. The standard InChI is InChI=1S/C12H22N2O3S/c1-10-7-14(5-6-18(10,16)17)9-12(15)13(2)8-11-3-4-11/h10-11H,3-9H2,1-2H3/t10-/m0/s1. The minimum atomic E-state index is -2.93. The molecule has 0 unspecified atom stereocenters. The predicted molar refractivity (Wildman–Crippen MR) is 70.0 cm³/mol. The highest BCUT2D eigenvalue weighted by Gasteiger charge is 2.31. The van der Waals surface area contributed by atoms with Gasteiger partial charge in [0.2, 0.25) is 5.91 Å². The zero-order chi connectivity index (χ0) is 13.3. The van der Waals surface area contributed by atoms with E-state index >= 15 is 0 Å². The largest absolute Gasteiger partial charge is 0.344 e. The summed E-state index contributed by atoms with van der Waals surface area (Å²) in [6.07, 6.45) is 2.47. The number of rotatable bonds is 4. The molecule has 0 spiro atoms. The molecule has 0 aromatic carbocycles. The van der Waals surface area contributed by atoms with Crippen molar-refractivity contribution in [1.29, 1.82) is 0 Å². The molecule has 2 rings (SSSR count). The van der Waals surface area contributed by atoms with E-state index < -0.39 is 9.84 Å². The third kappa shape index (κ3) is 3.45. The van der Waals surface area contributed by atoms with Crippen LogP contribution in [-0.4, -0.2) is 68.4 Å². The van der Waals surface area contributed by atoms with E-state index in [0.29, 0.717) is 25.6 Å². The molecule has 0 bridgehead atoms. The number of likely N-dealkylation sites (N-methyl/N-ethyl adjacent to an activating group) is 1. The van der Waals surface area contributed by atoms with Crippen LogP contribution in [0.25, 0.3) is 0 Å². The summed E-state index contributed by atoms with van der Waals surface area (Å²) in [6.45, 7) is 3.88. The molecule has 1 saturated carbocycles. The Bertz CT molecular complexity index is 417. The summed E-state index contributed by atoms with van der Waals surface area (Å²) >= 11 is 0. The number of hydrogen-bond acceptors (Lipinski definition) is 4. The second-order valence-corrected chi connectivity index (χ2v) is 8.17. The maximum atomic E-state index is 12.0. The van der Waals surface area contributed by atoms with Crippen molar-refractivity contribution in [2.75, 3.05) is 39.0 Å². The average molecular weight is 274 g/mol. The lowest BCUT2D eigenvalue weighted by molar-refractivity contribution is -0.131. The van der Waals surface area contributed by atoms with Crippen LogP contribution in [0.1, 0.15) is 19.8 Å². The van der Waals surface area contributed by atoms with Gasteiger partial charge in [-0.2, -0.15) is 0 Å². The monoisotopic (exact) mass is 274 g/mol. The molecule has 1 saturated heterocycles. The molecular formula is C12H22N2O3S. The first kappa shape index (κ1) is 13.8. The van der Waals surface area contributed by atoms with Crippen LogP contribution in [0.4, 0.5) is 0 Å². The normalized spacial score (nSPS) is 28.0. The number of hydrogen-bond donors (Lipinski definition) is 0. The predicted octanol–water partition coefficient (Wildman–Crippen LogP) is -0.0263. The second kappa shape index (κ2) is 5.17. The van der Waals surface area contributed by atoms with Crippen molar-refractivity contribution in [1.82, 2.24) is 9.80 Å². The van der Waals surface area contributed by atoms with Crippen molar-refractivity contribution in [3.8, 4) is 0 Å². The Labute approximate surface area is 109 Å². The van der Waals surface area contributed by atoms with Crippen LogP contribution in [0, 0.1) is 5.92 Å². The van der Waals surface area contributed by atoms with E-state index in [4.69, 9.17) is 0 Å². The van der Waals surface area contributed by atoms with E-state index in [-0.39, 0.29) is 16.9 Å². The van der Waals surface area contributed by atoms with Gasteiger partial charge in [0.05, 0.1) is 17.5 Å². The smallest absolute Gasteiger partial charge is 0.236 e. The molecule has 0 N–H and O–H groups in total. The van der Waals surface area contributed by atoms with Crippen molar-refractivity contribution >= 4 is 15.7 Å². The quantitative estimate of drug-likeness (QED) is 0.722. The fourth-order valence-electron chi connectivity index (χ4n) is 2.27. The topological polar surface area (TPSA) is 57.7 Å². The van der Waals surface area contributed by atoms with Gasteiger partial charge in [0, 0.05) is 26.7 Å². The maximum absolute atomic E-state index is 12.0. The van der Waals surface area contributed by atoms with Gasteiger partial charge in [-0.1, -0.05) is 0 Å². The van der Waals surface area contributed by atoms with E-state index in [1.165, 1.54) is 12.8 Å². The first-order chi connectivity index (χ1) is 8.38. The van der Waals surface area contributed by atoms with Crippen LogP contribution in [0.5, 0.6) is 0 Å². The van der Waals surface area contributed by atoms with Crippen LogP contribution in [0.15, 0.2) is 0 Å². The molecule has 6 heteroatoms. The molecule has 2 fully saturated rings. The van der Waals surface area contributed by atoms with Crippen molar-refractivity contribution in [3.63, 3.8) is 0 Å². The van der Waals surface area contributed by atoms with E-state index in [1.54, 1.807) is 11.8 Å². The molecule has 18 heavy (non-hydrogen) atoms. The molecule has 1 aliphatic carbocycles. The summed E-state index contributed by atoms with van der Waals surface area (Å²) in [7, 11) is -1.09. The second-order valence-electron chi connectivity index (χ2n) is 5.63. The van der Waals surface area contributed by atoms with E-state index in [2.05, 4.69) is 0 Å². The summed E-state index contributed by atoms with van der Waals surface area (Å²) < 4.78 is 23.2. The molecule has 5 nitrogen and oxygen atoms in total. The molecular weight excluding hydrogens is 252 g/mol. The summed E-state index contributed by atoms with van der Waals surface area (Å²) in [5.41, 5.74) is 0. The molecule has 0 radical (unpaired) electrons. The summed E-state index contributed by atoms with van der Waals surface area (Å²) in [5.74, 6) is 0.973. The van der Waals surface area contributed by atoms with E-state index in [1.807, 2.05) is 11.9 Å². The highest BCUT2D eigenvalue weighted by molar-refractivity contribution is 7.92. The molecule has 0 aromatic heterocycles. The van der Waals surface area contributed by atoms with Crippen LogP contribution in [0.3, 0.4) is 0 Å². The molecule has 1 amide bonds. The maximum Gasteiger partial charge on any atom is 0.236 e. The first-order valence-corrected chi connectivity index (χ1v) is 8.28. The third-order valence-corrected chi connectivity index (χ3v) is 5.96. The highest BCUT2D eigenvalue weighted by Crippen LogP contribution is 2.29. The van der Waals surface area contributed by atoms with Crippen molar-refractivity contribution < 1.29 is 13.2 Å². The van der Waals surface area contributed by atoms with Crippen molar-refractivity contribution in [2.24, 2.45) is 5.92 Å². The molecule has 0 aromatic rings. The SMILES string of the molecule is C[C@H]1CN(CC(=O)N(C)CC2CC2)CCS1(=O)=O.